The standard InChI is InChI=1S/C17H27N3/c18-16-12-14(13-20-10-4-5-11-20)8-9-17(16)19-15-6-2-1-3-7-15/h8-9,12,15,19H,1-7,10-11,13,18H2. The number of anilines is 2. The molecule has 1 aliphatic carbocycles. The van der Waals surface area contributed by atoms with Crippen molar-refractivity contribution in [2.75, 3.05) is 24.1 Å². The van der Waals surface area contributed by atoms with Crippen LogP contribution in [0.25, 0.3) is 0 Å². The van der Waals surface area contributed by atoms with Crippen molar-refractivity contribution in [3.63, 3.8) is 0 Å². The molecule has 0 unspecified atom stereocenters. The summed E-state index contributed by atoms with van der Waals surface area (Å²) in [5.41, 5.74) is 9.61. The van der Waals surface area contributed by atoms with Crippen LogP contribution in [0.15, 0.2) is 18.2 Å². The molecule has 1 aromatic rings. The Morgan fingerprint density at radius 2 is 1.80 bits per heavy atom. The Hall–Kier alpha value is -1.22. The van der Waals surface area contributed by atoms with Crippen LogP contribution in [0.3, 0.4) is 0 Å². The third kappa shape index (κ3) is 3.45. The maximum absolute atomic E-state index is 6.23. The van der Waals surface area contributed by atoms with Gasteiger partial charge in [-0.3, -0.25) is 4.90 Å². The average molecular weight is 273 g/mol. The Morgan fingerprint density at radius 1 is 1.05 bits per heavy atom. The number of hydrogen-bond acceptors (Lipinski definition) is 3. The second-order valence-corrected chi connectivity index (χ2v) is 6.38. The average Bonchev–Trinajstić information content (AvgIpc) is 2.96. The van der Waals surface area contributed by atoms with Gasteiger partial charge in [0, 0.05) is 12.6 Å². The maximum atomic E-state index is 6.23. The van der Waals surface area contributed by atoms with Crippen LogP contribution in [0.4, 0.5) is 11.4 Å². The zero-order valence-corrected chi connectivity index (χ0v) is 12.4. The van der Waals surface area contributed by atoms with E-state index in [9.17, 15) is 0 Å². The first-order valence-electron chi connectivity index (χ1n) is 8.18. The van der Waals surface area contributed by atoms with Crippen LogP contribution < -0.4 is 11.1 Å². The summed E-state index contributed by atoms with van der Waals surface area (Å²) in [6, 6.07) is 7.19. The molecular weight excluding hydrogens is 246 g/mol. The lowest BCUT2D eigenvalue weighted by atomic mass is 9.95. The van der Waals surface area contributed by atoms with E-state index in [0.29, 0.717) is 6.04 Å². The number of nitrogens with two attached hydrogens (primary N) is 1. The number of benzene rings is 1. The van der Waals surface area contributed by atoms with Crippen LogP contribution in [0.2, 0.25) is 0 Å². The molecule has 1 aliphatic heterocycles. The molecule has 1 aromatic carbocycles. The second-order valence-electron chi connectivity index (χ2n) is 6.38. The lowest BCUT2D eigenvalue weighted by molar-refractivity contribution is 0.331. The van der Waals surface area contributed by atoms with Crippen molar-refractivity contribution in [1.82, 2.24) is 4.90 Å². The van der Waals surface area contributed by atoms with Gasteiger partial charge in [-0.05, 0) is 56.5 Å². The molecule has 2 fully saturated rings. The molecule has 0 bridgehead atoms. The van der Waals surface area contributed by atoms with E-state index in [2.05, 4.69) is 28.4 Å². The van der Waals surface area contributed by atoms with Gasteiger partial charge in [0.05, 0.1) is 11.4 Å². The molecule has 1 saturated carbocycles. The predicted molar refractivity (Wildman–Crippen MR) is 85.9 cm³/mol. The van der Waals surface area contributed by atoms with Gasteiger partial charge >= 0.3 is 0 Å². The molecule has 0 spiro atoms. The first-order chi connectivity index (χ1) is 9.81. The van der Waals surface area contributed by atoms with Crippen LogP contribution in [-0.2, 0) is 6.54 Å². The van der Waals surface area contributed by atoms with E-state index < -0.39 is 0 Å². The highest BCUT2D eigenvalue weighted by molar-refractivity contribution is 5.67. The lowest BCUT2D eigenvalue weighted by Gasteiger charge is -2.25. The number of nitrogen functional groups attached to an aromatic ring is 1. The Balaban J connectivity index is 1.60. The highest BCUT2D eigenvalue weighted by Crippen LogP contribution is 2.26. The smallest absolute Gasteiger partial charge is 0.0576 e. The third-order valence-corrected chi connectivity index (χ3v) is 4.69. The number of hydrogen-bond donors (Lipinski definition) is 2. The second kappa shape index (κ2) is 6.49. The van der Waals surface area contributed by atoms with E-state index in [1.807, 2.05) is 0 Å². The number of nitrogens with zero attached hydrogens (tertiary/aromatic N) is 1. The number of likely N-dealkylation sites (tertiary alicyclic amines) is 1. The third-order valence-electron chi connectivity index (χ3n) is 4.69. The van der Waals surface area contributed by atoms with Gasteiger partial charge in [0.15, 0.2) is 0 Å². The fourth-order valence-electron chi connectivity index (χ4n) is 3.51. The molecule has 1 heterocycles. The van der Waals surface area contributed by atoms with Crippen molar-refractivity contribution in [2.24, 2.45) is 0 Å². The van der Waals surface area contributed by atoms with Crippen LogP contribution in [0, 0.1) is 0 Å². The Bertz CT molecular complexity index is 432. The predicted octanol–water partition coefficient (Wildman–Crippen LogP) is 3.61. The molecule has 20 heavy (non-hydrogen) atoms. The van der Waals surface area contributed by atoms with Gasteiger partial charge in [-0.15, -0.1) is 0 Å². The summed E-state index contributed by atoms with van der Waals surface area (Å²) in [7, 11) is 0. The van der Waals surface area contributed by atoms with Crippen LogP contribution in [-0.4, -0.2) is 24.0 Å². The lowest BCUT2D eigenvalue weighted by Crippen LogP contribution is -2.23. The number of nitrogens with one attached hydrogen (secondary N) is 1. The van der Waals surface area contributed by atoms with Crippen LogP contribution in [0.1, 0.15) is 50.5 Å². The Morgan fingerprint density at radius 3 is 2.50 bits per heavy atom. The SMILES string of the molecule is Nc1cc(CN2CCCC2)ccc1NC1CCCCC1. The minimum atomic E-state index is 0.621. The zero-order valence-electron chi connectivity index (χ0n) is 12.4. The van der Waals surface area contributed by atoms with Crippen molar-refractivity contribution >= 4 is 11.4 Å². The minimum Gasteiger partial charge on any atom is -0.397 e. The van der Waals surface area contributed by atoms with Crippen molar-refractivity contribution < 1.29 is 0 Å². The molecule has 3 N–H and O–H groups in total. The highest BCUT2D eigenvalue weighted by atomic mass is 15.1. The molecule has 2 aliphatic rings. The van der Waals surface area contributed by atoms with E-state index >= 15 is 0 Å². The first-order valence-corrected chi connectivity index (χ1v) is 8.18. The molecule has 0 radical (unpaired) electrons. The number of rotatable bonds is 4. The van der Waals surface area contributed by atoms with E-state index in [-0.39, 0.29) is 0 Å². The molecule has 0 aromatic heterocycles. The molecule has 0 atom stereocenters. The molecule has 3 rings (SSSR count). The summed E-state index contributed by atoms with van der Waals surface area (Å²) >= 11 is 0. The van der Waals surface area contributed by atoms with Gasteiger partial charge in [0.1, 0.15) is 0 Å². The van der Waals surface area contributed by atoms with E-state index in [0.717, 1.165) is 17.9 Å². The first kappa shape index (κ1) is 13.7. The Kier molecular flexibility index (Phi) is 4.46. The summed E-state index contributed by atoms with van der Waals surface area (Å²) in [5, 5.41) is 3.63. The fraction of sp³-hybridized carbons (Fsp3) is 0.647. The van der Waals surface area contributed by atoms with Gasteiger partial charge in [0.25, 0.3) is 0 Å². The van der Waals surface area contributed by atoms with Crippen molar-refractivity contribution in [3.05, 3.63) is 23.8 Å². The summed E-state index contributed by atoms with van der Waals surface area (Å²) in [5.74, 6) is 0. The van der Waals surface area contributed by atoms with Crippen molar-refractivity contribution in [1.29, 1.82) is 0 Å². The molecule has 110 valence electrons. The molecular formula is C17H27N3. The van der Waals surface area contributed by atoms with E-state index in [1.165, 1.54) is 63.6 Å². The summed E-state index contributed by atoms with van der Waals surface area (Å²) in [4.78, 5) is 2.52. The quantitative estimate of drug-likeness (QED) is 0.823. The molecule has 3 nitrogen and oxygen atoms in total. The fourth-order valence-corrected chi connectivity index (χ4v) is 3.51. The minimum absolute atomic E-state index is 0.621. The molecule has 1 saturated heterocycles. The van der Waals surface area contributed by atoms with Gasteiger partial charge in [-0.25, -0.2) is 0 Å². The van der Waals surface area contributed by atoms with Crippen molar-refractivity contribution in [2.45, 2.75) is 57.5 Å². The van der Waals surface area contributed by atoms with E-state index in [1.54, 1.807) is 0 Å². The summed E-state index contributed by atoms with van der Waals surface area (Å²) in [6.45, 7) is 3.53. The largest absolute Gasteiger partial charge is 0.397 e. The highest BCUT2D eigenvalue weighted by Gasteiger charge is 2.15. The Labute approximate surface area is 122 Å². The summed E-state index contributed by atoms with van der Waals surface area (Å²) in [6.07, 6.45) is 9.36. The van der Waals surface area contributed by atoms with Gasteiger partial charge in [-0.1, -0.05) is 25.3 Å². The normalized spacial score (nSPS) is 21.2. The topological polar surface area (TPSA) is 41.3 Å². The zero-order chi connectivity index (χ0) is 13.8. The monoisotopic (exact) mass is 273 g/mol. The van der Waals surface area contributed by atoms with Gasteiger partial charge in [0.2, 0.25) is 0 Å². The maximum Gasteiger partial charge on any atom is 0.0576 e. The van der Waals surface area contributed by atoms with Crippen LogP contribution in [0.5, 0.6) is 0 Å². The summed E-state index contributed by atoms with van der Waals surface area (Å²) < 4.78 is 0. The molecule has 0 amide bonds. The van der Waals surface area contributed by atoms with Gasteiger partial charge in [-0.2, -0.15) is 0 Å². The van der Waals surface area contributed by atoms with Crippen molar-refractivity contribution in [3.8, 4) is 0 Å². The van der Waals surface area contributed by atoms with Crippen LogP contribution >= 0.6 is 0 Å². The van der Waals surface area contributed by atoms with E-state index in [4.69, 9.17) is 5.73 Å². The molecule has 3 heteroatoms. The van der Waals surface area contributed by atoms with Gasteiger partial charge < -0.3 is 11.1 Å².